The molecule has 136 valence electrons. The average Bonchev–Trinajstić information content (AvgIpc) is 3.08. The number of carbonyl (C=O) groups is 1. The lowest BCUT2D eigenvalue weighted by atomic mass is 10.1. The molecule has 0 atom stereocenters. The molecular weight excluding hydrogens is 398 g/mol. The minimum Gasteiger partial charge on any atom is -0.493 e. The zero-order valence-corrected chi connectivity index (χ0v) is 16.3. The lowest BCUT2D eigenvalue weighted by Gasteiger charge is -2.12. The molecule has 5 nitrogen and oxygen atoms in total. The number of aryl methyl sites for hydroxylation is 1. The van der Waals surface area contributed by atoms with E-state index in [0.29, 0.717) is 24.3 Å². The van der Waals surface area contributed by atoms with E-state index in [1.807, 2.05) is 30.5 Å². The van der Waals surface area contributed by atoms with Crippen molar-refractivity contribution in [3.8, 4) is 11.5 Å². The fraction of sp³-hybridized carbons (Fsp3) is 0.250. The van der Waals surface area contributed by atoms with Gasteiger partial charge >= 0.3 is 5.97 Å². The summed E-state index contributed by atoms with van der Waals surface area (Å²) >= 11 is 3.47. The second-order valence-electron chi connectivity index (χ2n) is 5.82. The number of hydrogen-bond donors (Lipinski definition) is 1. The van der Waals surface area contributed by atoms with Gasteiger partial charge in [-0.05, 0) is 30.2 Å². The number of aromatic nitrogens is 1. The number of carbonyl (C=O) groups excluding carboxylic acids is 1. The van der Waals surface area contributed by atoms with Crippen molar-refractivity contribution in [3.63, 3.8) is 0 Å². The van der Waals surface area contributed by atoms with Crippen LogP contribution in [0.25, 0.3) is 10.9 Å². The number of benzene rings is 2. The fourth-order valence-electron chi connectivity index (χ4n) is 2.81. The van der Waals surface area contributed by atoms with Crippen LogP contribution < -0.4 is 9.47 Å². The number of nitrogens with one attached hydrogen (secondary N) is 1. The minimum atomic E-state index is -0.239. The van der Waals surface area contributed by atoms with Gasteiger partial charge in [-0.15, -0.1) is 0 Å². The molecule has 0 bridgehead atoms. The van der Waals surface area contributed by atoms with Crippen LogP contribution in [0.3, 0.4) is 0 Å². The maximum atomic E-state index is 12.1. The van der Waals surface area contributed by atoms with Crippen LogP contribution in [0.1, 0.15) is 17.5 Å². The first kappa shape index (κ1) is 18.3. The van der Waals surface area contributed by atoms with Crippen LogP contribution in [-0.4, -0.2) is 25.2 Å². The predicted molar refractivity (Wildman–Crippen MR) is 104 cm³/mol. The Morgan fingerprint density at radius 1 is 1.08 bits per heavy atom. The molecule has 0 aliphatic rings. The van der Waals surface area contributed by atoms with Crippen molar-refractivity contribution < 1.29 is 19.0 Å². The second-order valence-corrected chi connectivity index (χ2v) is 6.67. The van der Waals surface area contributed by atoms with Gasteiger partial charge < -0.3 is 19.2 Å². The van der Waals surface area contributed by atoms with Crippen molar-refractivity contribution in [3.05, 3.63) is 58.2 Å². The van der Waals surface area contributed by atoms with E-state index in [1.165, 1.54) is 0 Å². The number of fused-ring (bicyclic) bond motifs is 1. The predicted octanol–water partition coefficient (Wildman–Crippen LogP) is 4.62. The van der Waals surface area contributed by atoms with Crippen LogP contribution >= 0.6 is 15.9 Å². The summed E-state index contributed by atoms with van der Waals surface area (Å²) in [6.07, 6.45) is 2.91. The van der Waals surface area contributed by atoms with Crippen LogP contribution in [0.15, 0.2) is 47.1 Å². The molecule has 1 N–H and O–H groups in total. The molecule has 1 aromatic heterocycles. The number of aromatic amines is 1. The summed E-state index contributed by atoms with van der Waals surface area (Å²) in [4.78, 5) is 15.3. The summed E-state index contributed by atoms with van der Waals surface area (Å²) < 4.78 is 16.8. The molecule has 0 fully saturated rings. The molecule has 26 heavy (non-hydrogen) atoms. The van der Waals surface area contributed by atoms with E-state index in [1.54, 1.807) is 26.4 Å². The summed E-state index contributed by atoms with van der Waals surface area (Å²) in [6.45, 7) is 0.174. The van der Waals surface area contributed by atoms with Gasteiger partial charge in [0.05, 0.1) is 14.2 Å². The van der Waals surface area contributed by atoms with Crippen molar-refractivity contribution in [2.45, 2.75) is 19.4 Å². The normalized spacial score (nSPS) is 10.7. The monoisotopic (exact) mass is 417 g/mol. The van der Waals surface area contributed by atoms with Crippen LogP contribution in [-0.2, 0) is 22.6 Å². The highest BCUT2D eigenvalue weighted by Crippen LogP contribution is 2.33. The first-order valence-electron chi connectivity index (χ1n) is 8.23. The Morgan fingerprint density at radius 3 is 2.58 bits per heavy atom. The lowest BCUT2D eigenvalue weighted by Crippen LogP contribution is -2.06. The Bertz CT molecular complexity index is 919. The number of esters is 1. The fourth-order valence-corrected chi connectivity index (χ4v) is 3.25. The number of rotatable bonds is 7. The van der Waals surface area contributed by atoms with E-state index in [0.717, 1.165) is 26.5 Å². The highest BCUT2D eigenvalue weighted by molar-refractivity contribution is 9.10. The first-order chi connectivity index (χ1) is 12.6. The van der Waals surface area contributed by atoms with Gasteiger partial charge in [0.15, 0.2) is 11.5 Å². The quantitative estimate of drug-likeness (QED) is 0.569. The van der Waals surface area contributed by atoms with Crippen molar-refractivity contribution in [1.29, 1.82) is 0 Å². The molecule has 0 saturated carbocycles. The molecule has 0 radical (unpaired) electrons. The Balaban J connectivity index is 1.59. The SMILES string of the molecule is COc1cc(Br)c(COC(=O)CCc2c[nH]c3ccccc23)cc1OC. The van der Waals surface area contributed by atoms with E-state index in [9.17, 15) is 4.79 Å². The highest BCUT2D eigenvalue weighted by Gasteiger charge is 2.12. The van der Waals surface area contributed by atoms with Crippen LogP contribution in [0.5, 0.6) is 11.5 Å². The molecule has 6 heteroatoms. The zero-order chi connectivity index (χ0) is 18.5. The summed E-state index contributed by atoms with van der Waals surface area (Å²) in [7, 11) is 3.15. The summed E-state index contributed by atoms with van der Waals surface area (Å²) in [5.41, 5.74) is 3.01. The number of para-hydroxylation sites is 1. The average molecular weight is 418 g/mol. The Hall–Kier alpha value is -2.47. The molecule has 2 aromatic carbocycles. The van der Waals surface area contributed by atoms with Gasteiger partial charge in [0.25, 0.3) is 0 Å². The molecule has 1 heterocycles. The summed E-state index contributed by atoms with van der Waals surface area (Å²) in [5, 5.41) is 1.14. The number of ether oxygens (including phenoxy) is 3. The standard InChI is InChI=1S/C20H20BrNO4/c1-24-18-9-14(16(21)10-19(18)25-2)12-26-20(23)8-7-13-11-22-17-6-4-3-5-15(13)17/h3-6,9-11,22H,7-8,12H2,1-2H3. The highest BCUT2D eigenvalue weighted by atomic mass is 79.9. The van der Waals surface area contributed by atoms with Gasteiger partial charge in [0, 0.05) is 33.6 Å². The number of halogens is 1. The summed E-state index contributed by atoms with van der Waals surface area (Å²) in [6, 6.07) is 11.6. The molecule has 3 rings (SSSR count). The Labute approximate surface area is 160 Å². The van der Waals surface area contributed by atoms with Gasteiger partial charge in [-0.3, -0.25) is 4.79 Å². The molecule has 0 saturated heterocycles. The molecule has 0 unspecified atom stereocenters. The Morgan fingerprint density at radius 2 is 1.81 bits per heavy atom. The zero-order valence-electron chi connectivity index (χ0n) is 14.7. The van der Waals surface area contributed by atoms with Gasteiger partial charge in [-0.25, -0.2) is 0 Å². The first-order valence-corrected chi connectivity index (χ1v) is 9.02. The Kier molecular flexibility index (Phi) is 5.83. The van der Waals surface area contributed by atoms with Crippen molar-refractivity contribution >= 4 is 32.8 Å². The largest absolute Gasteiger partial charge is 0.493 e. The molecule has 0 amide bonds. The van der Waals surface area contributed by atoms with Crippen LogP contribution in [0.4, 0.5) is 0 Å². The maximum Gasteiger partial charge on any atom is 0.306 e. The molecule has 0 spiro atoms. The lowest BCUT2D eigenvalue weighted by molar-refractivity contribution is -0.144. The molecule has 3 aromatic rings. The van der Waals surface area contributed by atoms with Crippen molar-refractivity contribution in [2.75, 3.05) is 14.2 Å². The van der Waals surface area contributed by atoms with E-state index in [2.05, 4.69) is 20.9 Å². The van der Waals surface area contributed by atoms with E-state index in [-0.39, 0.29) is 12.6 Å². The third-order valence-corrected chi connectivity index (χ3v) is 4.95. The third-order valence-electron chi connectivity index (χ3n) is 4.21. The number of H-pyrrole nitrogens is 1. The van der Waals surface area contributed by atoms with Crippen LogP contribution in [0.2, 0.25) is 0 Å². The minimum absolute atomic E-state index is 0.174. The second kappa shape index (κ2) is 8.27. The maximum absolute atomic E-state index is 12.1. The van der Waals surface area contributed by atoms with Crippen LogP contribution in [0, 0.1) is 0 Å². The van der Waals surface area contributed by atoms with Gasteiger partial charge in [-0.2, -0.15) is 0 Å². The number of hydrogen-bond acceptors (Lipinski definition) is 4. The third kappa shape index (κ3) is 4.02. The number of methoxy groups -OCH3 is 2. The van der Waals surface area contributed by atoms with Crippen molar-refractivity contribution in [2.24, 2.45) is 0 Å². The van der Waals surface area contributed by atoms with Gasteiger partial charge in [-0.1, -0.05) is 34.1 Å². The topological polar surface area (TPSA) is 60.5 Å². The van der Waals surface area contributed by atoms with E-state index >= 15 is 0 Å². The van der Waals surface area contributed by atoms with E-state index in [4.69, 9.17) is 14.2 Å². The van der Waals surface area contributed by atoms with Gasteiger partial charge in [0.1, 0.15) is 6.61 Å². The smallest absolute Gasteiger partial charge is 0.306 e. The van der Waals surface area contributed by atoms with Crippen molar-refractivity contribution in [1.82, 2.24) is 4.98 Å². The summed E-state index contributed by atoms with van der Waals surface area (Å²) in [5.74, 6) is 0.978. The van der Waals surface area contributed by atoms with E-state index < -0.39 is 0 Å². The molecular formula is C20H20BrNO4. The van der Waals surface area contributed by atoms with Gasteiger partial charge in [0.2, 0.25) is 0 Å². The molecule has 0 aliphatic carbocycles. The molecule has 0 aliphatic heterocycles.